The minimum Gasteiger partial charge on any atom is -0.494 e. The van der Waals surface area contributed by atoms with Gasteiger partial charge in [0.2, 0.25) is 5.90 Å². The van der Waals surface area contributed by atoms with Crippen LogP contribution in [-0.4, -0.2) is 35.7 Å². The molecule has 0 bridgehead atoms. The number of halogens is 3. The third-order valence-electron chi connectivity index (χ3n) is 7.43. The number of rotatable bonds is 13. The van der Waals surface area contributed by atoms with E-state index in [4.69, 9.17) is 25.1 Å². The van der Waals surface area contributed by atoms with Crippen LogP contribution >= 0.6 is 15.9 Å². The standard InChI is InChI=1S/C34H30BrF2N5O4/c35-26-10-6-22(7-11-26)19-34(33(44)39-20-23-16-27(36)18-28(37)17-23)31(30-5-2-1-4-25(30)21-40-42-38)46-32(41-34)24-8-12-29(13-9-24)45-15-3-14-43/h1-2,4-13,16-18,31,43H,3,14-15,19-21H2,(H,39,44)/t31-,34-/m1/s1. The van der Waals surface area contributed by atoms with Gasteiger partial charge in [0.25, 0.3) is 5.91 Å². The van der Waals surface area contributed by atoms with Gasteiger partial charge in [-0.15, -0.1) is 0 Å². The maximum absolute atomic E-state index is 14.5. The van der Waals surface area contributed by atoms with Gasteiger partial charge in [-0.2, -0.15) is 0 Å². The van der Waals surface area contributed by atoms with Crippen molar-refractivity contribution < 1.29 is 28.2 Å². The van der Waals surface area contributed by atoms with Crippen molar-refractivity contribution in [3.8, 4) is 5.75 Å². The van der Waals surface area contributed by atoms with Gasteiger partial charge < -0.3 is 19.9 Å². The maximum atomic E-state index is 14.5. The van der Waals surface area contributed by atoms with E-state index in [1.165, 1.54) is 0 Å². The van der Waals surface area contributed by atoms with E-state index in [-0.39, 0.29) is 37.6 Å². The van der Waals surface area contributed by atoms with Crippen LogP contribution in [0.4, 0.5) is 8.78 Å². The smallest absolute Gasteiger partial charge is 0.252 e. The highest BCUT2D eigenvalue weighted by Gasteiger charge is 2.53. The van der Waals surface area contributed by atoms with Gasteiger partial charge in [-0.05, 0) is 76.3 Å². The summed E-state index contributed by atoms with van der Waals surface area (Å²) >= 11 is 3.46. The SMILES string of the molecule is [N-]=[N+]=NCc1ccccc1[C@H]1OC(c2ccc(OCCCO)cc2)=N[C@@]1(Cc1ccc(Br)cc1)C(=O)NCc1cc(F)cc(F)c1. The van der Waals surface area contributed by atoms with E-state index >= 15 is 0 Å². The van der Waals surface area contributed by atoms with Crippen molar-refractivity contribution in [3.63, 3.8) is 0 Å². The van der Waals surface area contributed by atoms with Gasteiger partial charge in [-0.3, -0.25) is 4.79 Å². The first kappa shape index (κ1) is 32.6. The molecule has 236 valence electrons. The van der Waals surface area contributed by atoms with Crippen molar-refractivity contribution in [2.75, 3.05) is 13.2 Å². The summed E-state index contributed by atoms with van der Waals surface area (Å²) < 4.78 is 41.0. The summed E-state index contributed by atoms with van der Waals surface area (Å²) in [6, 6.07) is 24.7. The molecule has 0 saturated carbocycles. The van der Waals surface area contributed by atoms with E-state index < -0.39 is 29.2 Å². The number of azide groups is 1. The van der Waals surface area contributed by atoms with Gasteiger partial charge in [-0.1, -0.05) is 57.4 Å². The van der Waals surface area contributed by atoms with Crippen molar-refractivity contribution in [3.05, 3.63) is 145 Å². The van der Waals surface area contributed by atoms with E-state index in [1.54, 1.807) is 48.5 Å². The summed E-state index contributed by atoms with van der Waals surface area (Å²) in [6.45, 7) is 0.221. The highest BCUT2D eigenvalue weighted by Crippen LogP contribution is 2.44. The zero-order valence-electron chi connectivity index (χ0n) is 24.6. The molecule has 9 nitrogen and oxygen atoms in total. The Labute approximate surface area is 272 Å². The van der Waals surface area contributed by atoms with E-state index in [0.29, 0.717) is 35.5 Å². The summed E-state index contributed by atoms with van der Waals surface area (Å²) in [5.74, 6) is -1.25. The third-order valence-corrected chi connectivity index (χ3v) is 7.96. The number of aliphatic imine (C=N–C) groups is 1. The number of hydrogen-bond donors (Lipinski definition) is 2. The number of nitrogens with zero attached hydrogens (tertiary/aromatic N) is 4. The molecular formula is C34H30BrF2N5O4. The van der Waals surface area contributed by atoms with E-state index in [1.807, 2.05) is 24.3 Å². The number of amides is 1. The third kappa shape index (κ3) is 7.71. The molecule has 1 aliphatic heterocycles. The fourth-order valence-corrected chi connectivity index (χ4v) is 5.53. The predicted octanol–water partition coefficient (Wildman–Crippen LogP) is 7.11. The Morgan fingerprint density at radius 3 is 2.46 bits per heavy atom. The molecule has 2 N–H and O–H groups in total. The summed E-state index contributed by atoms with van der Waals surface area (Å²) in [5, 5.41) is 15.7. The van der Waals surface area contributed by atoms with Gasteiger partial charge in [0.1, 0.15) is 17.4 Å². The summed E-state index contributed by atoms with van der Waals surface area (Å²) in [7, 11) is 0. The molecule has 0 aromatic heterocycles. The van der Waals surface area contributed by atoms with Crippen LogP contribution < -0.4 is 10.1 Å². The minimum atomic E-state index is -1.59. The van der Waals surface area contributed by atoms with Crippen LogP contribution in [0, 0.1) is 11.6 Å². The molecule has 0 radical (unpaired) electrons. The van der Waals surface area contributed by atoms with E-state index in [2.05, 4.69) is 31.3 Å². The van der Waals surface area contributed by atoms with Crippen LogP contribution in [0.5, 0.6) is 5.75 Å². The first-order chi connectivity index (χ1) is 22.3. The molecule has 1 heterocycles. The van der Waals surface area contributed by atoms with E-state index in [9.17, 15) is 13.6 Å². The molecular weight excluding hydrogens is 660 g/mol. The highest BCUT2D eigenvalue weighted by atomic mass is 79.9. The minimum absolute atomic E-state index is 0.0142. The Morgan fingerprint density at radius 2 is 1.76 bits per heavy atom. The summed E-state index contributed by atoms with van der Waals surface area (Å²) in [6.07, 6.45) is -0.374. The maximum Gasteiger partial charge on any atom is 0.252 e. The van der Waals surface area contributed by atoms with Crippen LogP contribution in [0.3, 0.4) is 0 Å². The van der Waals surface area contributed by atoms with Crippen molar-refractivity contribution in [1.29, 1.82) is 0 Å². The molecule has 12 heteroatoms. The lowest BCUT2D eigenvalue weighted by Gasteiger charge is -2.32. The number of aliphatic hydroxyl groups is 1. The molecule has 0 spiro atoms. The van der Waals surface area contributed by atoms with Gasteiger partial charge in [-0.25, -0.2) is 13.8 Å². The van der Waals surface area contributed by atoms with Crippen molar-refractivity contribution in [1.82, 2.24) is 5.32 Å². The van der Waals surface area contributed by atoms with Gasteiger partial charge in [0.15, 0.2) is 11.6 Å². The normalized spacial score (nSPS) is 17.0. The fraction of sp³-hybridized carbons (Fsp3) is 0.235. The molecule has 4 aromatic rings. The number of ether oxygens (including phenoxy) is 2. The fourth-order valence-electron chi connectivity index (χ4n) is 5.26. The van der Waals surface area contributed by atoms with Gasteiger partial charge in [0.05, 0.1) is 13.2 Å². The number of carbonyl (C=O) groups is 1. The average Bonchev–Trinajstić information content (AvgIpc) is 3.44. The Morgan fingerprint density at radius 1 is 1.04 bits per heavy atom. The second kappa shape index (κ2) is 15.0. The number of benzene rings is 4. The van der Waals surface area contributed by atoms with Crippen LogP contribution in [0.15, 0.2) is 106 Å². The second-order valence-electron chi connectivity index (χ2n) is 10.6. The zero-order valence-corrected chi connectivity index (χ0v) is 26.2. The van der Waals surface area contributed by atoms with Crippen LogP contribution in [-0.2, 0) is 29.0 Å². The van der Waals surface area contributed by atoms with E-state index in [0.717, 1.165) is 28.2 Å². The number of aliphatic hydroxyl groups excluding tert-OH is 1. The molecule has 46 heavy (non-hydrogen) atoms. The van der Waals surface area contributed by atoms with Crippen molar-refractivity contribution in [2.24, 2.45) is 10.1 Å². The highest BCUT2D eigenvalue weighted by molar-refractivity contribution is 9.10. The first-order valence-corrected chi connectivity index (χ1v) is 15.3. The monoisotopic (exact) mass is 689 g/mol. The van der Waals surface area contributed by atoms with Crippen molar-refractivity contribution in [2.45, 2.75) is 37.6 Å². The molecule has 5 rings (SSSR count). The molecule has 0 unspecified atom stereocenters. The Balaban J connectivity index is 1.60. The Kier molecular flexibility index (Phi) is 10.6. The molecule has 1 aliphatic rings. The van der Waals surface area contributed by atoms with Crippen LogP contribution in [0.1, 0.15) is 40.3 Å². The molecule has 0 fully saturated rings. The molecule has 0 aliphatic carbocycles. The predicted molar refractivity (Wildman–Crippen MR) is 172 cm³/mol. The van der Waals surface area contributed by atoms with Crippen molar-refractivity contribution >= 4 is 27.7 Å². The Bertz CT molecular complexity index is 1740. The lowest BCUT2D eigenvalue weighted by Crippen LogP contribution is -2.50. The molecule has 1 amide bonds. The summed E-state index contributed by atoms with van der Waals surface area (Å²) in [5.41, 5.74) is 10.3. The van der Waals surface area contributed by atoms with Gasteiger partial charge in [0, 0.05) is 47.0 Å². The zero-order chi connectivity index (χ0) is 32.5. The van der Waals surface area contributed by atoms with Crippen LogP contribution in [0.25, 0.3) is 10.4 Å². The van der Waals surface area contributed by atoms with Gasteiger partial charge >= 0.3 is 0 Å². The molecule has 2 atom stereocenters. The number of carbonyl (C=O) groups excluding carboxylic acids is 1. The molecule has 0 saturated heterocycles. The largest absolute Gasteiger partial charge is 0.494 e. The van der Waals surface area contributed by atoms with Crippen LogP contribution in [0.2, 0.25) is 0 Å². The number of nitrogens with one attached hydrogen (secondary N) is 1. The lowest BCUT2D eigenvalue weighted by molar-refractivity contribution is -0.129. The quantitative estimate of drug-likeness (QED) is 0.0671. The Hall–Kier alpha value is -4.77. The molecule has 4 aromatic carbocycles. The second-order valence-corrected chi connectivity index (χ2v) is 11.6. The number of hydrogen-bond acceptors (Lipinski definition) is 6. The topological polar surface area (TPSA) is 129 Å². The average molecular weight is 691 g/mol. The first-order valence-electron chi connectivity index (χ1n) is 14.5. The summed E-state index contributed by atoms with van der Waals surface area (Å²) in [4.78, 5) is 22.3. The lowest BCUT2D eigenvalue weighted by atomic mass is 9.80.